The molecule has 1 unspecified atom stereocenters. The lowest BCUT2D eigenvalue weighted by Crippen LogP contribution is -2.42. The van der Waals surface area contributed by atoms with Gasteiger partial charge in [-0.05, 0) is 39.3 Å². The number of nitrogens with zero attached hydrogens (tertiary/aromatic N) is 6. The fraction of sp³-hybridized carbons (Fsp3) is 0.440. The maximum atomic E-state index is 13.3. The van der Waals surface area contributed by atoms with Crippen molar-refractivity contribution in [2.24, 2.45) is 13.0 Å². The number of oxazole rings is 1. The highest BCUT2D eigenvalue weighted by atomic mass is 19.4. The van der Waals surface area contributed by atoms with Crippen LogP contribution in [0.1, 0.15) is 44.6 Å². The Labute approximate surface area is 227 Å². The Bertz CT molecular complexity index is 1430. The maximum Gasteiger partial charge on any atom is 0.416 e. The summed E-state index contributed by atoms with van der Waals surface area (Å²) >= 11 is 0. The Morgan fingerprint density at radius 3 is 2.62 bits per heavy atom. The smallest absolute Gasteiger partial charge is 0.416 e. The summed E-state index contributed by atoms with van der Waals surface area (Å²) in [5.41, 5.74) is -0.717. The van der Waals surface area contributed by atoms with E-state index in [1.165, 1.54) is 48.7 Å². The minimum Gasteiger partial charge on any atom is -0.444 e. The highest BCUT2D eigenvalue weighted by Gasteiger charge is 2.37. The van der Waals surface area contributed by atoms with Gasteiger partial charge in [0, 0.05) is 31.3 Å². The zero-order valence-electron chi connectivity index (χ0n) is 22.4. The molecule has 3 aromatic rings. The van der Waals surface area contributed by atoms with Gasteiger partial charge in [0.05, 0.1) is 6.20 Å². The van der Waals surface area contributed by atoms with Gasteiger partial charge < -0.3 is 14.5 Å². The van der Waals surface area contributed by atoms with Crippen molar-refractivity contribution in [3.63, 3.8) is 0 Å². The van der Waals surface area contributed by atoms with Crippen LogP contribution in [0.15, 0.2) is 35.2 Å². The maximum absolute atomic E-state index is 13.3. The lowest BCUT2D eigenvalue weighted by molar-refractivity contribution is -0.120. The Balaban J connectivity index is 1.56. The zero-order chi connectivity index (χ0) is 29.4. The molecule has 1 aliphatic rings. The van der Waals surface area contributed by atoms with E-state index in [0.717, 1.165) is 6.26 Å². The SMILES string of the molecule is CC1CCN(c2nn(C)cc2NC(=O)c2coc(-c3ccnc(N(CC(F)(F)F)C(=O)OC(C)(C)C)c3)n2)C1=O. The van der Waals surface area contributed by atoms with Crippen LogP contribution in [-0.2, 0) is 16.6 Å². The lowest BCUT2D eigenvalue weighted by Gasteiger charge is -2.27. The lowest BCUT2D eigenvalue weighted by atomic mass is 10.1. The molecule has 0 bridgehead atoms. The molecule has 3 amide bonds. The number of nitrogens with one attached hydrogen (secondary N) is 1. The molecule has 40 heavy (non-hydrogen) atoms. The number of amides is 3. The minimum atomic E-state index is -4.73. The average Bonchev–Trinajstić information content (AvgIpc) is 3.56. The second-order valence-electron chi connectivity index (χ2n) is 10.3. The molecule has 0 aromatic carbocycles. The number of aromatic nitrogens is 4. The van der Waals surface area contributed by atoms with Crippen molar-refractivity contribution in [2.45, 2.75) is 45.9 Å². The third kappa shape index (κ3) is 6.58. The van der Waals surface area contributed by atoms with Crippen molar-refractivity contribution >= 4 is 35.2 Å². The first-order valence-electron chi connectivity index (χ1n) is 12.3. The van der Waals surface area contributed by atoms with Gasteiger partial charge in [-0.1, -0.05) is 6.92 Å². The molecule has 4 heterocycles. The monoisotopic (exact) mass is 563 g/mol. The summed E-state index contributed by atoms with van der Waals surface area (Å²) in [7, 11) is 1.65. The number of hydrogen-bond acceptors (Lipinski definition) is 8. The van der Waals surface area contributed by atoms with Crippen LogP contribution >= 0.6 is 0 Å². The van der Waals surface area contributed by atoms with Gasteiger partial charge in [-0.25, -0.2) is 14.8 Å². The summed E-state index contributed by atoms with van der Waals surface area (Å²) in [6, 6.07) is 2.57. The molecule has 12 nitrogen and oxygen atoms in total. The number of halogens is 3. The summed E-state index contributed by atoms with van der Waals surface area (Å²) in [5.74, 6) is -1.06. The van der Waals surface area contributed by atoms with Crippen molar-refractivity contribution < 1.29 is 36.7 Å². The highest BCUT2D eigenvalue weighted by Crippen LogP contribution is 2.31. The van der Waals surface area contributed by atoms with E-state index in [2.05, 4.69) is 20.4 Å². The Hall–Kier alpha value is -4.43. The molecule has 1 N–H and O–H groups in total. The molecule has 0 spiro atoms. The summed E-state index contributed by atoms with van der Waals surface area (Å²) in [4.78, 5) is 47.9. The molecule has 15 heteroatoms. The van der Waals surface area contributed by atoms with E-state index in [-0.39, 0.29) is 34.8 Å². The van der Waals surface area contributed by atoms with Crippen LogP contribution in [-0.4, -0.2) is 62.5 Å². The van der Waals surface area contributed by atoms with E-state index in [9.17, 15) is 27.6 Å². The van der Waals surface area contributed by atoms with Crippen molar-refractivity contribution in [3.05, 3.63) is 36.5 Å². The highest BCUT2D eigenvalue weighted by molar-refractivity contribution is 6.06. The van der Waals surface area contributed by atoms with Crippen molar-refractivity contribution in [3.8, 4) is 11.5 Å². The summed E-state index contributed by atoms with van der Waals surface area (Å²) in [5, 5.41) is 6.97. The van der Waals surface area contributed by atoms with Gasteiger partial charge >= 0.3 is 12.3 Å². The molecule has 1 saturated heterocycles. The van der Waals surface area contributed by atoms with Crippen molar-refractivity contribution in [1.82, 2.24) is 19.7 Å². The van der Waals surface area contributed by atoms with Gasteiger partial charge in [0.25, 0.3) is 5.91 Å². The number of carbonyl (C=O) groups is 3. The number of anilines is 3. The van der Waals surface area contributed by atoms with Gasteiger partial charge in [0.1, 0.15) is 29.9 Å². The van der Waals surface area contributed by atoms with Crippen molar-refractivity contribution in [1.29, 1.82) is 0 Å². The van der Waals surface area contributed by atoms with Gasteiger partial charge in [0.2, 0.25) is 11.8 Å². The summed E-state index contributed by atoms with van der Waals surface area (Å²) in [6.07, 6.45) is -1.50. The van der Waals surface area contributed by atoms with Gasteiger partial charge in [-0.2, -0.15) is 18.3 Å². The van der Waals surface area contributed by atoms with Crippen LogP contribution < -0.4 is 15.1 Å². The molecule has 1 atom stereocenters. The fourth-order valence-electron chi connectivity index (χ4n) is 3.93. The number of hydrogen-bond donors (Lipinski definition) is 1. The van der Waals surface area contributed by atoms with Crippen molar-refractivity contribution in [2.75, 3.05) is 28.2 Å². The second kappa shape index (κ2) is 10.6. The number of rotatable bonds is 6. The molecule has 214 valence electrons. The average molecular weight is 564 g/mol. The van der Waals surface area contributed by atoms with Gasteiger partial charge in [0.15, 0.2) is 11.5 Å². The third-order valence-electron chi connectivity index (χ3n) is 5.74. The third-order valence-corrected chi connectivity index (χ3v) is 5.74. The van der Waals surface area contributed by atoms with E-state index < -0.39 is 30.3 Å². The quantitative estimate of drug-likeness (QED) is 0.466. The zero-order valence-corrected chi connectivity index (χ0v) is 22.4. The second-order valence-corrected chi connectivity index (χ2v) is 10.3. The number of carbonyl (C=O) groups excluding carboxylic acids is 3. The molecular formula is C25H28F3N7O5. The minimum absolute atomic E-state index is 0.0973. The molecule has 3 aromatic heterocycles. The van der Waals surface area contributed by atoms with E-state index in [0.29, 0.717) is 29.4 Å². The number of pyridine rings is 1. The first-order valence-corrected chi connectivity index (χ1v) is 12.3. The Morgan fingerprint density at radius 2 is 2.00 bits per heavy atom. The number of alkyl halides is 3. The van der Waals surface area contributed by atoms with Crippen LogP contribution in [0.2, 0.25) is 0 Å². The molecule has 0 saturated carbocycles. The van der Waals surface area contributed by atoms with E-state index in [1.807, 2.05) is 6.92 Å². The first kappa shape index (κ1) is 28.6. The molecule has 4 rings (SSSR count). The van der Waals surface area contributed by atoms with Crippen LogP contribution in [0.25, 0.3) is 11.5 Å². The van der Waals surface area contributed by atoms with E-state index in [4.69, 9.17) is 9.15 Å². The van der Waals surface area contributed by atoms with Crippen LogP contribution in [0.4, 0.5) is 35.3 Å². The molecule has 1 aliphatic heterocycles. The van der Waals surface area contributed by atoms with E-state index in [1.54, 1.807) is 13.2 Å². The fourth-order valence-corrected chi connectivity index (χ4v) is 3.93. The Kier molecular flexibility index (Phi) is 7.59. The molecular weight excluding hydrogens is 535 g/mol. The molecule has 0 radical (unpaired) electrons. The van der Waals surface area contributed by atoms with Crippen LogP contribution in [0, 0.1) is 5.92 Å². The summed E-state index contributed by atoms with van der Waals surface area (Å²) < 4.78 is 51.8. The van der Waals surface area contributed by atoms with Crippen LogP contribution in [0.3, 0.4) is 0 Å². The van der Waals surface area contributed by atoms with E-state index >= 15 is 0 Å². The van der Waals surface area contributed by atoms with Gasteiger partial charge in [-0.3, -0.25) is 24.1 Å². The topological polar surface area (TPSA) is 136 Å². The predicted octanol–water partition coefficient (Wildman–Crippen LogP) is 4.40. The molecule has 1 fully saturated rings. The number of ether oxygens (including phenoxy) is 1. The first-order chi connectivity index (χ1) is 18.6. The number of aryl methyl sites for hydroxylation is 1. The predicted molar refractivity (Wildman–Crippen MR) is 137 cm³/mol. The normalized spacial score (nSPS) is 15.8. The standard InChI is InChI=1S/C25H28F3N7O5/c1-14-7-9-34(22(14)37)19-16(11-33(5)32-19)30-20(36)17-12-39-21(31-17)15-6-8-29-18(10-15)35(13-25(26,27)28)23(38)40-24(2,3)4/h6,8,10-12,14H,7,9,13H2,1-5H3,(H,30,36). The Morgan fingerprint density at radius 1 is 1.27 bits per heavy atom. The molecule has 0 aliphatic carbocycles. The summed E-state index contributed by atoms with van der Waals surface area (Å²) in [6.45, 7) is 5.23. The largest absolute Gasteiger partial charge is 0.444 e. The van der Waals surface area contributed by atoms with Gasteiger partial charge in [-0.15, -0.1) is 0 Å². The van der Waals surface area contributed by atoms with Crippen LogP contribution in [0.5, 0.6) is 0 Å².